The first-order chi connectivity index (χ1) is 33.3. The molecule has 0 bridgehead atoms. The highest BCUT2D eigenvalue weighted by molar-refractivity contribution is 6.08. The number of fused-ring (bicyclic) bond motifs is 2. The normalized spacial score (nSPS) is 11.2. The molecule has 0 amide bonds. The van der Waals surface area contributed by atoms with Crippen molar-refractivity contribution >= 4 is 55.7 Å². The highest BCUT2D eigenvalue weighted by atomic mass is 15.1. The summed E-state index contributed by atoms with van der Waals surface area (Å²) in [6, 6.07) is 88.8. The molecule has 0 heterocycles. The molecule has 0 saturated carbocycles. The van der Waals surface area contributed by atoms with Crippen LogP contribution in [-0.2, 0) is 0 Å². The lowest BCUT2D eigenvalue weighted by atomic mass is 9.91. The molecule has 0 unspecified atom stereocenters. The average molecular weight is 873 g/mol. The van der Waals surface area contributed by atoms with E-state index in [2.05, 4.69) is 280 Å². The summed E-state index contributed by atoms with van der Waals surface area (Å²) in [4.78, 5) is 4.85. The molecule has 11 aromatic rings. The van der Waals surface area contributed by atoms with E-state index in [0.29, 0.717) is 0 Å². The quantitative estimate of drug-likeness (QED) is 0.126. The second kappa shape index (κ2) is 18.1. The van der Waals surface area contributed by atoms with Gasteiger partial charge in [0.2, 0.25) is 0 Å². The van der Waals surface area contributed by atoms with Crippen molar-refractivity contribution in [3.8, 4) is 44.5 Å². The van der Waals surface area contributed by atoms with E-state index in [0.717, 1.165) is 34.1 Å². The van der Waals surface area contributed by atoms with Crippen molar-refractivity contribution in [3.05, 3.63) is 265 Å². The molecule has 0 fully saturated rings. The average Bonchev–Trinajstić information content (AvgIpc) is 3.40. The van der Waals surface area contributed by atoms with Gasteiger partial charge in [-0.25, -0.2) is 0 Å². The molecule has 11 rings (SSSR count). The number of aryl methyl sites for hydroxylation is 4. The van der Waals surface area contributed by atoms with E-state index < -0.39 is 0 Å². The maximum absolute atomic E-state index is 2.42. The molecule has 68 heavy (non-hydrogen) atoms. The largest absolute Gasteiger partial charge is 0.310 e. The zero-order valence-electron chi connectivity index (χ0n) is 39.0. The van der Waals surface area contributed by atoms with Gasteiger partial charge in [-0.2, -0.15) is 0 Å². The fraction of sp³-hybridized carbons (Fsp3) is 0.0606. The van der Waals surface area contributed by atoms with Crippen molar-refractivity contribution in [2.75, 3.05) is 9.80 Å². The third-order valence-corrected chi connectivity index (χ3v) is 13.5. The molecular weight excluding hydrogens is 821 g/mol. The van der Waals surface area contributed by atoms with Crippen LogP contribution >= 0.6 is 0 Å². The summed E-state index contributed by atoms with van der Waals surface area (Å²) in [5.41, 5.74) is 21.1. The standard InChI is InChI=1S/C66H52N2/c1-45-25-29-57(30-26-45)67(61-39-53(49-17-9-5-10-18-49)37-54(40-61)50-19-11-6-12-20-50)59-33-35-63-48(4)66-44-60(34-36-64(66)47(3)65(63)43-59)68(58-31-27-46(2)28-32-58)62-41-55(51-21-13-7-14-22-51)38-56(42-62)52-23-15-8-16-24-52/h5-44H,1-4H3. The predicted octanol–water partition coefficient (Wildman–Crippen LogP) is 18.8. The van der Waals surface area contributed by atoms with Crippen molar-refractivity contribution in [1.29, 1.82) is 0 Å². The first-order valence-electron chi connectivity index (χ1n) is 23.6. The Hall–Kier alpha value is -8.46. The molecule has 0 aromatic heterocycles. The summed E-state index contributed by atoms with van der Waals surface area (Å²) in [7, 11) is 0. The zero-order valence-corrected chi connectivity index (χ0v) is 39.0. The van der Waals surface area contributed by atoms with Crippen LogP contribution in [-0.4, -0.2) is 0 Å². The van der Waals surface area contributed by atoms with Crippen LogP contribution < -0.4 is 9.80 Å². The summed E-state index contributed by atoms with van der Waals surface area (Å²) in [5, 5.41) is 5.00. The number of rotatable bonds is 10. The van der Waals surface area contributed by atoms with Crippen molar-refractivity contribution in [3.63, 3.8) is 0 Å². The van der Waals surface area contributed by atoms with Crippen LogP contribution in [0.3, 0.4) is 0 Å². The van der Waals surface area contributed by atoms with Crippen LogP contribution in [0.5, 0.6) is 0 Å². The molecule has 0 aliphatic heterocycles. The van der Waals surface area contributed by atoms with Gasteiger partial charge in [0.15, 0.2) is 0 Å². The molecule has 0 spiro atoms. The van der Waals surface area contributed by atoms with Crippen molar-refractivity contribution in [2.24, 2.45) is 0 Å². The molecule has 11 aromatic carbocycles. The van der Waals surface area contributed by atoms with Crippen LogP contribution in [0.2, 0.25) is 0 Å². The van der Waals surface area contributed by atoms with Gasteiger partial charge in [-0.1, -0.05) is 169 Å². The van der Waals surface area contributed by atoms with Gasteiger partial charge in [0.05, 0.1) is 0 Å². The number of benzene rings is 11. The van der Waals surface area contributed by atoms with E-state index >= 15 is 0 Å². The molecular formula is C66H52N2. The lowest BCUT2D eigenvalue weighted by Gasteiger charge is -2.28. The van der Waals surface area contributed by atoms with E-state index in [1.165, 1.54) is 88.3 Å². The summed E-state index contributed by atoms with van der Waals surface area (Å²) in [6.45, 7) is 8.89. The predicted molar refractivity (Wildman–Crippen MR) is 292 cm³/mol. The first-order valence-corrected chi connectivity index (χ1v) is 23.6. The number of hydrogen-bond donors (Lipinski definition) is 0. The zero-order chi connectivity index (χ0) is 46.1. The summed E-state index contributed by atoms with van der Waals surface area (Å²) >= 11 is 0. The van der Waals surface area contributed by atoms with Gasteiger partial charge in [0.1, 0.15) is 0 Å². The Bertz CT molecular complexity index is 3210. The summed E-state index contributed by atoms with van der Waals surface area (Å²) < 4.78 is 0. The molecule has 0 aliphatic rings. The van der Waals surface area contributed by atoms with Crippen LogP contribution in [0.25, 0.3) is 66.1 Å². The van der Waals surface area contributed by atoms with E-state index in [4.69, 9.17) is 0 Å². The number of nitrogens with zero attached hydrogens (tertiary/aromatic N) is 2. The molecule has 0 N–H and O–H groups in total. The van der Waals surface area contributed by atoms with Crippen molar-refractivity contribution in [2.45, 2.75) is 27.7 Å². The lowest BCUT2D eigenvalue weighted by Crippen LogP contribution is -2.11. The van der Waals surface area contributed by atoms with Gasteiger partial charge in [-0.15, -0.1) is 0 Å². The monoisotopic (exact) mass is 872 g/mol. The minimum Gasteiger partial charge on any atom is -0.310 e. The molecule has 0 saturated heterocycles. The van der Waals surface area contributed by atoms with E-state index in [9.17, 15) is 0 Å². The van der Waals surface area contributed by atoms with Crippen LogP contribution in [0.1, 0.15) is 22.3 Å². The number of hydrogen-bond acceptors (Lipinski definition) is 2. The second-order valence-corrected chi connectivity index (χ2v) is 18.1. The molecule has 0 atom stereocenters. The van der Waals surface area contributed by atoms with Crippen LogP contribution in [0, 0.1) is 27.7 Å². The Kier molecular flexibility index (Phi) is 11.2. The second-order valence-electron chi connectivity index (χ2n) is 18.1. The summed E-state index contributed by atoms with van der Waals surface area (Å²) in [5.74, 6) is 0. The Morgan fingerprint density at radius 3 is 0.779 bits per heavy atom. The summed E-state index contributed by atoms with van der Waals surface area (Å²) in [6.07, 6.45) is 0. The van der Waals surface area contributed by atoms with E-state index in [-0.39, 0.29) is 0 Å². The van der Waals surface area contributed by atoms with Gasteiger partial charge in [-0.05, 0) is 190 Å². The third kappa shape index (κ3) is 8.23. The Morgan fingerprint density at radius 1 is 0.206 bits per heavy atom. The van der Waals surface area contributed by atoms with Crippen molar-refractivity contribution < 1.29 is 0 Å². The Balaban J connectivity index is 1.08. The molecule has 2 heteroatoms. The molecule has 2 nitrogen and oxygen atoms in total. The fourth-order valence-electron chi connectivity index (χ4n) is 9.86. The van der Waals surface area contributed by atoms with Crippen LogP contribution in [0.4, 0.5) is 34.1 Å². The first kappa shape index (κ1) is 42.2. The highest BCUT2D eigenvalue weighted by Crippen LogP contribution is 2.45. The Morgan fingerprint density at radius 2 is 0.485 bits per heavy atom. The van der Waals surface area contributed by atoms with Gasteiger partial charge in [0.25, 0.3) is 0 Å². The SMILES string of the molecule is Cc1ccc(N(c2cc(-c3ccccc3)cc(-c3ccccc3)c2)c2ccc3c(C)c4cc(N(c5ccc(C)cc5)c5cc(-c6ccccc6)cc(-c6ccccc6)c5)ccc4c(C)c3c2)cc1. The fourth-order valence-corrected chi connectivity index (χ4v) is 9.86. The third-order valence-electron chi connectivity index (χ3n) is 13.5. The van der Waals surface area contributed by atoms with Gasteiger partial charge in [0, 0.05) is 34.1 Å². The maximum Gasteiger partial charge on any atom is 0.0473 e. The van der Waals surface area contributed by atoms with Gasteiger partial charge >= 0.3 is 0 Å². The van der Waals surface area contributed by atoms with Crippen LogP contribution in [0.15, 0.2) is 243 Å². The highest BCUT2D eigenvalue weighted by Gasteiger charge is 2.21. The van der Waals surface area contributed by atoms with Gasteiger partial charge in [-0.3, -0.25) is 0 Å². The molecule has 326 valence electrons. The van der Waals surface area contributed by atoms with Gasteiger partial charge < -0.3 is 9.80 Å². The van der Waals surface area contributed by atoms with E-state index in [1.807, 2.05) is 0 Å². The van der Waals surface area contributed by atoms with Crippen molar-refractivity contribution in [1.82, 2.24) is 0 Å². The molecule has 0 aliphatic carbocycles. The lowest BCUT2D eigenvalue weighted by molar-refractivity contribution is 1.28. The minimum absolute atomic E-state index is 1.11. The van der Waals surface area contributed by atoms with E-state index in [1.54, 1.807) is 0 Å². The molecule has 0 radical (unpaired) electrons. The Labute approximate surface area is 400 Å². The minimum atomic E-state index is 1.11. The smallest absolute Gasteiger partial charge is 0.0473 e. The maximum atomic E-state index is 2.42. The number of anilines is 6. The topological polar surface area (TPSA) is 6.48 Å².